The Morgan fingerprint density at radius 1 is 1.12 bits per heavy atom. The Balaban J connectivity index is 0.000000880. The van der Waals surface area contributed by atoms with Crippen LogP contribution in [0.5, 0.6) is 0 Å². The van der Waals surface area contributed by atoms with Gasteiger partial charge in [0.05, 0.1) is 17.4 Å². The van der Waals surface area contributed by atoms with E-state index in [1.165, 1.54) is 5.56 Å². The topological polar surface area (TPSA) is 83.4 Å². The maximum atomic E-state index is 5.39. The largest absolute Gasteiger partial charge is 0.404 e. The Morgan fingerprint density at radius 2 is 2.00 bits per heavy atom. The van der Waals surface area contributed by atoms with E-state index < -0.39 is 0 Å². The molecule has 0 saturated carbocycles. The van der Waals surface area contributed by atoms with Crippen molar-refractivity contribution in [1.82, 2.24) is 19.9 Å². The number of imidazole rings is 1. The number of H-pyrrole nitrogens is 2. The highest BCUT2D eigenvalue weighted by atomic mass is 32.2. The molecule has 0 fully saturated rings. The third-order valence-corrected chi connectivity index (χ3v) is 4.61. The standard InChI is InChI=1S/C17H15N5S.C2H6/c18-3-4-23-9-13-8-20-17-14(13)5-12(7-19-17)11-1-2-15-16(6-11)22-10-21-15;1-2/h1-8,10H,9,18H2,(H,19,20)(H,21,22);1-2H3/b4-3-;. The predicted molar refractivity (Wildman–Crippen MR) is 107 cm³/mol. The smallest absolute Gasteiger partial charge is 0.137 e. The molecule has 0 aliphatic carbocycles. The summed E-state index contributed by atoms with van der Waals surface area (Å²) in [6.07, 6.45) is 7.18. The van der Waals surface area contributed by atoms with Gasteiger partial charge in [0, 0.05) is 35.3 Å². The summed E-state index contributed by atoms with van der Waals surface area (Å²) in [5.41, 5.74) is 11.7. The van der Waals surface area contributed by atoms with E-state index in [1.807, 2.05) is 37.7 Å². The zero-order valence-electron chi connectivity index (χ0n) is 14.3. The van der Waals surface area contributed by atoms with Crippen LogP contribution in [-0.4, -0.2) is 19.9 Å². The highest BCUT2D eigenvalue weighted by molar-refractivity contribution is 8.01. The molecule has 0 amide bonds. The monoisotopic (exact) mass is 351 g/mol. The Hall–Kier alpha value is -2.73. The van der Waals surface area contributed by atoms with Gasteiger partial charge in [0.2, 0.25) is 0 Å². The zero-order chi connectivity index (χ0) is 17.6. The summed E-state index contributed by atoms with van der Waals surface area (Å²) in [4.78, 5) is 15.2. The van der Waals surface area contributed by atoms with Gasteiger partial charge in [-0.15, -0.1) is 11.8 Å². The molecule has 0 spiro atoms. The molecule has 0 radical (unpaired) electrons. The average Bonchev–Trinajstić information content (AvgIpc) is 3.29. The van der Waals surface area contributed by atoms with Gasteiger partial charge >= 0.3 is 0 Å². The Labute approximate surface area is 150 Å². The fraction of sp³-hybridized carbons (Fsp3) is 0.158. The number of pyridine rings is 1. The number of thioether (sulfide) groups is 1. The molecule has 1 aromatic carbocycles. The third kappa shape index (κ3) is 3.53. The minimum absolute atomic E-state index is 0.860. The van der Waals surface area contributed by atoms with Gasteiger partial charge in [0.25, 0.3) is 0 Å². The van der Waals surface area contributed by atoms with E-state index >= 15 is 0 Å². The van der Waals surface area contributed by atoms with Crippen molar-refractivity contribution < 1.29 is 0 Å². The van der Waals surface area contributed by atoms with Crippen molar-refractivity contribution in [2.75, 3.05) is 0 Å². The number of aromatic amines is 2. The summed E-state index contributed by atoms with van der Waals surface area (Å²) < 4.78 is 0. The third-order valence-electron chi connectivity index (χ3n) is 3.78. The number of hydrogen-bond donors (Lipinski definition) is 3. The van der Waals surface area contributed by atoms with Crippen LogP contribution in [0.15, 0.2) is 54.6 Å². The van der Waals surface area contributed by atoms with Gasteiger partial charge in [0.1, 0.15) is 5.65 Å². The molecular weight excluding hydrogens is 330 g/mol. The molecule has 0 aliphatic heterocycles. The van der Waals surface area contributed by atoms with E-state index in [1.54, 1.807) is 24.3 Å². The number of nitrogens with one attached hydrogen (secondary N) is 2. The summed E-state index contributed by atoms with van der Waals surface area (Å²) in [6, 6.07) is 8.37. The minimum atomic E-state index is 0.860. The highest BCUT2D eigenvalue weighted by Crippen LogP contribution is 2.28. The summed E-state index contributed by atoms with van der Waals surface area (Å²) in [6.45, 7) is 4.00. The van der Waals surface area contributed by atoms with E-state index in [9.17, 15) is 0 Å². The molecule has 0 aliphatic rings. The number of aromatic nitrogens is 4. The van der Waals surface area contributed by atoms with Gasteiger partial charge in [-0.05, 0) is 34.7 Å². The van der Waals surface area contributed by atoms with Crippen LogP contribution >= 0.6 is 11.8 Å². The van der Waals surface area contributed by atoms with Crippen LogP contribution in [0, 0.1) is 0 Å². The maximum Gasteiger partial charge on any atom is 0.137 e. The second-order valence-corrected chi connectivity index (χ2v) is 6.10. The fourth-order valence-corrected chi connectivity index (χ4v) is 3.27. The number of rotatable bonds is 4. The van der Waals surface area contributed by atoms with Crippen molar-refractivity contribution >= 4 is 33.8 Å². The first-order chi connectivity index (χ1) is 12.3. The van der Waals surface area contributed by atoms with Crippen LogP contribution < -0.4 is 5.73 Å². The Bertz CT molecular complexity index is 999. The molecule has 6 heteroatoms. The van der Waals surface area contributed by atoms with E-state index in [4.69, 9.17) is 5.73 Å². The van der Waals surface area contributed by atoms with E-state index in [-0.39, 0.29) is 0 Å². The molecule has 4 aromatic rings. The Kier molecular flexibility index (Phi) is 5.40. The van der Waals surface area contributed by atoms with E-state index in [2.05, 4.69) is 38.1 Å². The lowest BCUT2D eigenvalue weighted by molar-refractivity contribution is 1.32. The zero-order valence-corrected chi connectivity index (χ0v) is 15.1. The number of benzene rings is 1. The van der Waals surface area contributed by atoms with Crippen LogP contribution in [0.3, 0.4) is 0 Å². The summed E-state index contributed by atoms with van der Waals surface area (Å²) in [5.74, 6) is 0.860. The van der Waals surface area contributed by atoms with E-state index in [0.717, 1.165) is 38.9 Å². The van der Waals surface area contributed by atoms with Crippen molar-refractivity contribution in [2.45, 2.75) is 19.6 Å². The van der Waals surface area contributed by atoms with Crippen molar-refractivity contribution in [3.05, 3.63) is 60.2 Å². The molecule has 128 valence electrons. The first-order valence-corrected chi connectivity index (χ1v) is 9.28. The van der Waals surface area contributed by atoms with Gasteiger partial charge in [-0.3, -0.25) is 0 Å². The summed E-state index contributed by atoms with van der Waals surface area (Å²) in [7, 11) is 0. The van der Waals surface area contributed by atoms with Crippen molar-refractivity contribution in [1.29, 1.82) is 0 Å². The molecule has 5 nitrogen and oxygen atoms in total. The number of hydrogen-bond acceptors (Lipinski definition) is 4. The van der Waals surface area contributed by atoms with Crippen LogP contribution in [0.25, 0.3) is 33.2 Å². The van der Waals surface area contributed by atoms with Crippen LogP contribution in [-0.2, 0) is 5.75 Å². The second-order valence-electron chi connectivity index (χ2n) is 5.21. The molecule has 0 atom stereocenters. The van der Waals surface area contributed by atoms with Gasteiger partial charge < -0.3 is 15.7 Å². The predicted octanol–water partition coefficient (Wildman–Crippen LogP) is 4.80. The van der Waals surface area contributed by atoms with Gasteiger partial charge in [-0.25, -0.2) is 9.97 Å². The number of nitrogens with two attached hydrogens (primary N) is 1. The van der Waals surface area contributed by atoms with Gasteiger partial charge in [-0.2, -0.15) is 0 Å². The van der Waals surface area contributed by atoms with Gasteiger partial charge in [-0.1, -0.05) is 19.9 Å². The van der Waals surface area contributed by atoms with Crippen molar-refractivity contribution in [2.24, 2.45) is 5.73 Å². The van der Waals surface area contributed by atoms with Crippen molar-refractivity contribution in [3.63, 3.8) is 0 Å². The molecule has 3 aromatic heterocycles. The van der Waals surface area contributed by atoms with Crippen LogP contribution in [0.2, 0.25) is 0 Å². The number of nitrogens with zero attached hydrogens (tertiary/aromatic N) is 2. The fourth-order valence-electron chi connectivity index (χ4n) is 2.64. The minimum Gasteiger partial charge on any atom is -0.404 e. The lowest BCUT2D eigenvalue weighted by atomic mass is 10.1. The molecule has 3 heterocycles. The molecule has 0 unspecified atom stereocenters. The normalized spacial score (nSPS) is 11.1. The summed E-state index contributed by atoms with van der Waals surface area (Å²) in [5, 5.41) is 3.03. The second kappa shape index (κ2) is 7.90. The lowest BCUT2D eigenvalue weighted by Crippen LogP contribution is -1.84. The molecule has 0 saturated heterocycles. The molecule has 0 bridgehead atoms. The first kappa shape index (κ1) is 17.1. The molecule has 4 rings (SSSR count). The van der Waals surface area contributed by atoms with E-state index in [0.29, 0.717) is 0 Å². The maximum absolute atomic E-state index is 5.39. The molecule has 4 N–H and O–H groups in total. The first-order valence-electron chi connectivity index (χ1n) is 8.23. The average molecular weight is 351 g/mol. The molecule has 25 heavy (non-hydrogen) atoms. The van der Waals surface area contributed by atoms with Crippen LogP contribution in [0.1, 0.15) is 19.4 Å². The van der Waals surface area contributed by atoms with Gasteiger partial charge in [0.15, 0.2) is 0 Å². The highest BCUT2D eigenvalue weighted by Gasteiger charge is 2.08. The quantitative estimate of drug-likeness (QED) is 0.493. The number of fused-ring (bicyclic) bond motifs is 2. The SMILES string of the molecule is CC.N/C=C\SCc1c[nH]c2ncc(-c3ccc4nc[nH]c4c3)cc12. The Morgan fingerprint density at radius 3 is 2.84 bits per heavy atom. The van der Waals surface area contributed by atoms with Crippen LogP contribution in [0.4, 0.5) is 0 Å². The molecular formula is C19H21N5S. The van der Waals surface area contributed by atoms with Crippen molar-refractivity contribution in [3.8, 4) is 11.1 Å². The lowest BCUT2D eigenvalue weighted by Gasteiger charge is -2.03. The summed E-state index contributed by atoms with van der Waals surface area (Å²) >= 11 is 1.66.